The van der Waals surface area contributed by atoms with E-state index < -0.39 is 20.6 Å². The van der Waals surface area contributed by atoms with Gasteiger partial charge in [-0.2, -0.15) is 0 Å². The molecule has 18 heavy (non-hydrogen) atoms. The Labute approximate surface area is 106 Å². The van der Waals surface area contributed by atoms with Crippen molar-refractivity contribution in [3.63, 3.8) is 0 Å². The van der Waals surface area contributed by atoms with Crippen LogP contribution < -0.4 is 4.72 Å². The van der Waals surface area contributed by atoms with Crippen LogP contribution in [0.25, 0.3) is 0 Å². The second-order valence-electron chi connectivity index (χ2n) is 3.96. The maximum Gasteiger partial charge on any atom is 0.289 e. The predicted molar refractivity (Wildman–Crippen MR) is 67.8 cm³/mol. The van der Waals surface area contributed by atoms with Crippen molar-refractivity contribution < 1.29 is 13.3 Å². The summed E-state index contributed by atoms with van der Waals surface area (Å²) in [5.41, 5.74) is 0.525. The van der Waals surface area contributed by atoms with Crippen molar-refractivity contribution >= 4 is 15.7 Å². The lowest BCUT2D eigenvalue weighted by atomic mass is 10.2. The Morgan fingerprint density at radius 2 is 2.11 bits per heavy atom. The Morgan fingerprint density at radius 1 is 1.50 bits per heavy atom. The molecule has 0 spiro atoms. The van der Waals surface area contributed by atoms with Gasteiger partial charge in [0.15, 0.2) is 4.90 Å². The van der Waals surface area contributed by atoms with Gasteiger partial charge in [0, 0.05) is 12.6 Å². The zero-order valence-electron chi connectivity index (χ0n) is 10.1. The molecule has 0 radical (unpaired) electrons. The first-order valence-electron chi connectivity index (χ1n) is 5.14. The van der Waals surface area contributed by atoms with E-state index in [-0.39, 0.29) is 11.4 Å². The molecule has 0 aliphatic heterocycles. The topological polar surface area (TPSA) is 89.3 Å². The van der Waals surface area contributed by atoms with Crippen LogP contribution in [0.15, 0.2) is 35.2 Å². The van der Waals surface area contributed by atoms with Gasteiger partial charge in [0.2, 0.25) is 10.0 Å². The van der Waals surface area contributed by atoms with Crippen LogP contribution in [0, 0.1) is 17.0 Å². The maximum atomic E-state index is 12.0. The average Bonchev–Trinajstić information content (AvgIpc) is 2.25. The molecule has 1 aromatic rings. The standard InChI is InChI=1S/C11H14N2O4S/c1-8(2)7-12-18(16,17)11-9(3)5-4-6-10(11)13(14)15/h4-6,12H,1,7H2,2-3H3. The van der Waals surface area contributed by atoms with Crippen molar-refractivity contribution in [2.24, 2.45) is 0 Å². The van der Waals surface area contributed by atoms with Gasteiger partial charge in [0.1, 0.15) is 0 Å². The van der Waals surface area contributed by atoms with E-state index in [9.17, 15) is 18.5 Å². The smallest absolute Gasteiger partial charge is 0.258 e. The number of nitro groups is 1. The van der Waals surface area contributed by atoms with Crippen LogP contribution in [-0.4, -0.2) is 19.9 Å². The summed E-state index contributed by atoms with van der Waals surface area (Å²) in [6.45, 7) is 6.80. The highest BCUT2D eigenvalue weighted by Crippen LogP contribution is 2.26. The third-order valence-electron chi connectivity index (χ3n) is 2.22. The Hall–Kier alpha value is -1.73. The van der Waals surface area contributed by atoms with Crippen molar-refractivity contribution in [3.05, 3.63) is 46.0 Å². The van der Waals surface area contributed by atoms with Gasteiger partial charge < -0.3 is 0 Å². The number of hydrogen-bond acceptors (Lipinski definition) is 4. The molecule has 0 heterocycles. The highest BCUT2D eigenvalue weighted by Gasteiger charge is 2.27. The van der Waals surface area contributed by atoms with Gasteiger partial charge in [-0.25, -0.2) is 13.1 Å². The minimum atomic E-state index is -3.91. The fraction of sp³-hybridized carbons (Fsp3) is 0.273. The van der Waals surface area contributed by atoms with Crippen LogP contribution in [0.3, 0.4) is 0 Å². The first kappa shape index (κ1) is 14.3. The summed E-state index contributed by atoms with van der Waals surface area (Å²) in [7, 11) is -3.91. The van der Waals surface area contributed by atoms with E-state index in [1.165, 1.54) is 25.1 Å². The molecule has 0 fully saturated rings. The summed E-state index contributed by atoms with van der Waals surface area (Å²) in [5, 5.41) is 10.9. The third-order valence-corrected chi connectivity index (χ3v) is 3.81. The number of sulfonamides is 1. The van der Waals surface area contributed by atoms with Crippen LogP contribution in [0.5, 0.6) is 0 Å². The largest absolute Gasteiger partial charge is 0.289 e. The van der Waals surface area contributed by atoms with Gasteiger partial charge >= 0.3 is 0 Å². The number of nitrogens with one attached hydrogen (secondary N) is 1. The van der Waals surface area contributed by atoms with E-state index >= 15 is 0 Å². The second kappa shape index (κ2) is 5.28. The molecule has 0 aliphatic rings. The van der Waals surface area contributed by atoms with Crippen molar-refractivity contribution in [1.29, 1.82) is 0 Å². The Bertz CT molecular complexity index is 593. The fourth-order valence-electron chi connectivity index (χ4n) is 1.42. The fourth-order valence-corrected chi connectivity index (χ4v) is 2.91. The van der Waals surface area contributed by atoms with Gasteiger partial charge in [-0.1, -0.05) is 24.3 Å². The van der Waals surface area contributed by atoms with Gasteiger partial charge in [-0.15, -0.1) is 0 Å². The van der Waals surface area contributed by atoms with E-state index in [2.05, 4.69) is 11.3 Å². The lowest BCUT2D eigenvalue weighted by Crippen LogP contribution is -2.26. The Balaban J connectivity index is 3.31. The lowest BCUT2D eigenvalue weighted by Gasteiger charge is -2.09. The molecule has 0 atom stereocenters. The average molecular weight is 270 g/mol. The van der Waals surface area contributed by atoms with Crippen molar-refractivity contribution in [3.8, 4) is 0 Å². The van der Waals surface area contributed by atoms with E-state index in [4.69, 9.17) is 0 Å². The third kappa shape index (κ3) is 3.14. The van der Waals surface area contributed by atoms with Crippen LogP contribution in [0.2, 0.25) is 0 Å². The molecule has 1 aromatic carbocycles. The molecular weight excluding hydrogens is 256 g/mol. The zero-order chi connectivity index (χ0) is 13.9. The van der Waals surface area contributed by atoms with E-state index in [0.717, 1.165) is 0 Å². The molecule has 98 valence electrons. The van der Waals surface area contributed by atoms with Crippen molar-refractivity contribution in [1.82, 2.24) is 4.72 Å². The highest BCUT2D eigenvalue weighted by atomic mass is 32.2. The van der Waals surface area contributed by atoms with E-state index in [0.29, 0.717) is 11.1 Å². The number of aryl methyl sites for hydroxylation is 1. The molecule has 6 nitrogen and oxygen atoms in total. The molecule has 1 N–H and O–H groups in total. The number of rotatable bonds is 5. The molecule has 0 amide bonds. The molecule has 1 rings (SSSR count). The number of benzene rings is 1. The summed E-state index contributed by atoms with van der Waals surface area (Å²) in [4.78, 5) is 9.85. The molecule has 0 aromatic heterocycles. The van der Waals surface area contributed by atoms with Crippen molar-refractivity contribution in [2.45, 2.75) is 18.7 Å². The zero-order valence-corrected chi connectivity index (χ0v) is 11.0. The molecule has 0 bridgehead atoms. The normalized spacial score (nSPS) is 11.2. The first-order valence-corrected chi connectivity index (χ1v) is 6.62. The monoisotopic (exact) mass is 270 g/mol. The van der Waals surface area contributed by atoms with E-state index in [1.807, 2.05) is 0 Å². The predicted octanol–water partition coefficient (Wildman–Crippen LogP) is 1.76. The molecule has 0 unspecified atom stereocenters. The van der Waals surface area contributed by atoms with Gasteiger partial charge in [0.05, 0.1) is 4.92 Å². The molecule has 0 saturated carbocycles. The SMILES string of the molecule is C=C(C)CNS(=O)(=O)c1c(C)cccc1[N+](=O)[O-]. The number of hydrogen-bond donors (Lipinski definition) is 1. The molecular formula is C11H14N2O4S. The lowest BCUT2D eigenvalue weighted by molar-refractivity contribution is -0.387. The summed E-state index contributed by atoms with van der Waals surface area (Å²) in [6.07, 6.45) is 0. The van der Waals surface area contributed by atoms with Crippen molar-refractivity contribution in [2.75, 3.05) is 6.54 Å². The van der Waals surface area contributed by atoms with Crippen LogP contribution in [0.4, 0.5) is 5.69 Å². The summed E-state index contributed by atoms with van der Waals surface area (Å²) >= 11 is 0. The van der Waals surface area contributed by atoms with Gasteiger partial charge in [0.25, 0.3) is 5.69 Å². The summed E-state index contributed by atoms with van der Waals surface area (Å²) in [6, 6.07) is 4.13. The molecule has 7 heteroatoms. The van der Waals surface area contributed by atoms with E-state index in [1.54, 1.807) is 6.92 Å². The Morgan fingerprint density at radius 3 is 2.61 bits per heavy atom. The molecule has 0 aliphatic carbocycles. The quantitative estimate of drug-likeness (QED) is 0.501. The number of nitro benzene ring substituents is 1. The first-order chi connectivity index (χ1) is 8.25. The summed E-state index contributed by atoms with van der Waals surface area (Å²) in [5.74, 6) is 0. The molecule has 0 saturated heterocycles. The second-order valence-corrected chi connectivity index (χ2v) is 5.67. The maximum absolute atomic E-state index is 12.0. The van der Waals surface area contributed by atoms with Crippen LogP contribution in [0.1, 0.15) is 12.5 Å². The minimum Gasteiger partial charge on any atom is -0.258 e. The summed E-state index contributed by atoms with van der Waals surface area (Å²) < 4.78 is 26.3. The highest BCUT2D eigenvalue weighted by molar-refractivity contribution is 7.89. The minimum absolute atomic E-state index is 0.0494. The van der Waals surface area contributed by atoms with Gasteiger partial charge in [-0.05, 0) is 19.4 Å². The van der Waals surface area contributed by atoms with Crippen LogP contribution in [-0.2, 0) is 10.0 Å². The Kier molecular flexibility index (Phi) is 4.20. The number of nitrogens with zero attached hydrogens (tertiary/aromatic N) is 1. The van der Waals surface area contributed by atoms with Crippen LogP contribution >= 0.6 is 0 Å². The van der Waals surface area contributed by atoms with Gasteiger partial charge in [-0.3, -0.25) is 10.1 Å².